The Morgan fingerprint density at radius 3 is 2.68 bits per heavy atom. The molecule has 0 aliphatic carbocycles. The number of aromatic amines is 1. The molecule has 2 aromatic carbocycles. The van der Waals surface area contributed by atoms with Crippen LogP contribution in [0.3, 0.4) is 0 Å². The van der Waals surface area contributed by atoms with Crippen LogP contribution in [0.4, 0.5) is 0 Å². The van der Waals surface area contributed by atoms with Crippen molar-refractivity contribution in [1.82, 2.24) is 15.2 Å². The number of hydrogen-bond acceptors (Lipinski definition) is 2. The zero-order chi connectivity index (χ0) is 19.7. The fourth-order valence-electron chi connectivity index (χ4n) is 3.90. The molecule has 1 atom stereocenters. The number of nitrogens with one attached hydrogen (secondary N) is 2. The fraction of sp³-hybridized carbons (Fsp3) is 0.304. The highest BCUT2D eigenvalue weighted by atomic mass is 16.2. The van der Waals surface area contributed by atoms with Gasteiger partial charge in [0.1, 0.15) is 6.54 Å². The molecule has 4 rings (SSSR count). The minimum absolute atomic E-state index is 0.0514. The van der Waals surface area contributed by atoms with Crippen molar-refractivity contribution in [2.24, 2.45) is 5.92 Å². The third kappa shape index (κ3) is 3.28. The van der Waals surface area contributed by atoms with Gasteiger partial charge in [0, 0.05) is 34.8 Å². The average Bonchev–Trinajstić information content (AvgIpc) is 3.21. The molecule has 2 amide bonds. The van der Waals surface area contributed by atoms with Crippen molar-refractivity contribution in [2.45, 2.75) is 26.3 Å². The first-order valence-corrected chi connectivity index (χ1v) is 9.79. The maximum absolute atomic E-state index is 13.1. The highest BCUT2D eigenvalue weighted by Crippen LogP contribution is 2.40. The third-order valence-electron chi connectivity index (χ3n) is 5.33. The lowest BCUT2D eigenvalue weighted by molar-refractivity contribution is -0.122. The second-order valence-corrected chi connectivity index (χ2v) is 7.74. The topological polar surface area (TPSA) is 65.2 Å². The van der Waals surface area contributed by atoms with Crippen molar-refractivity contribution >= 4 is 22.7 Å². The van der Waals surface area contributed by atoms with Crippen LogP contribution in [0.1, 0.15) is 47.8 Å². The first-order valence-electron chi connectivity index (χ1n) is 9.79. The van der Waals surface area contributed by atoms with Gasteiger partial charge in [0.25, 0.3) is 5.91 Å². The fourth-order valence-corrected chi connectivity index (χ4v) is 3.90. The summed E-state index contributed by atoms with van der Waals surface area (Å²) in [4.78, 5) is 30.6. The number of carbonyl (C=O) groups excluding carboxylic acids is 2. The number of fused-ring (bicyclic) bond motifs is 2. The number of benzene rings is 2. The van der Waals surface area contributed by atoms with Gasteiger partial charge in [0.2, 0.25) is 5.91 Å². The van der Waals surface area contributed by atoms with Crippen LogP contribution in [0.15, 0.2) is 54.7 Å². The largest absolute Gasteiger partial charge is 0.361 e. The molecule has 0 radical (unpaired) electrons. The molecule has 1 unspecified atom stereocenters. The molecule has 2 N–H and O–H groups in total. The van der Waals surface area contributed by atoms with Crippen LogP contribution >= 0.6 is 0 Å². The van der Waals surface area contributed by atoms with Gasteiger partial charge in [-0.25, -0.2) is 0 Å². The molecule has 2 heterocycles. The standard InChI is InChI=1S/C23H25N3O2/c1-15(2)11-12-24-21(27)14-26-22(17-8-3-4-9-18(17)23(26)28)19-13-25-20-10-6-5-7-16(19)20/h3-10,13,15,22,25H,11-12,14H2,1-2H3,(H,24,27). The van der Waals surface area contributed by atoms with Gasteiger partial charge in [-0.2, -0.15) is 0 Å². The van der Waals surface area contributed by atoms with Gasteiger partial charge < -0.3 is 15.2 Å². The van der Waals surface area contributed by atoms with Crippen molar-refractivity contribution in [3.8, 4) is 0 Å². The van der Waals surface area contributed by atoms with E-state index < -0.39 is 0 Å². The predicted octanol–water partition coefficient (Wildman–Crippen LogP) is 3.88. The molecule has 0 fully saturated rings. The molecule has 0 bridgehead atoms. The third-order valence-corrected chi connectivity index (χ3v) is 5.33. The van der Waals surface area contributed by atoms with Crippen LogP contribution in [-0.2, 0) is 4.79 Å². The van der Waals surface area contributed by atoms with E-state index in [2.05, 4.69) is 24.1 Å². The van der Waals surface area contributed by atoms with E-state index in [1.165, 1.54) is 0 Å². The Hall–Kier alpha value is -3.08. The van der Waals surface area contributed by atoms with E-state index in [-0.39, 0.29) is 24.4 Å². The molecule has 5 nitrogen and oxygen atoms in total. The number of nitrogens with zero attached hydrogens (tertiary/aromatic N) is 1. The zero-order valence-corrected chi connectivity index (χ0v) is 16.2. The number of para-hydroxylation sites is 1. The summed E-state index contributed by atoms with van der Waals surface area (Å²) < 4.78 is 0. The molecule has 144 valence electrons. The Morgan fingerprint density at radius 1 is 1.11 bits per heavy atom. The number of hydrogen-bond donors (Lipinski definition) is 2. The van der Waals surface area contributed by atoms with Crippen molar-refractivity contribution in [3.63, 3.8) is 0 Å². The van der Waals surface area contributed by atoms with Crippen molar-refractivity contribution in [2.75, 3.05) is 13.1 Å². The van der Waals surface area contributed by atoms with E-state index in [4.69, 9.17) is 0 Å². The lowest BCUT2D eigenvalue weighted by Gasteiger charge is -2.25. The minimum atomic E-state index is -0.268. The number of rotatable bonds is 6. The minimum Gasteiger partial charge on any atom is -0.361 e. The number of H-pyrrole nitrogens is 1. The van der Waals surface area contributed by atoms with Gasteiger partial charge in [-0.3, -0.25) is 9.59 Å². The highest BCUT2D eigenvalue weighted by Gasteiger charge is 2.39. The summed E-state index contributed by atoms with van der Waals surface area (Å²) in [5.41, 5.74) is 3.67. The Labute approximate surface area is 164 Å². The summed E-state index contributed by atoms with van der Waals surface area (Å²) in [5, 5.41) is 4.02. The molecule has 1 aromatic heterocycles. The predicted molar refractivity (Wildman–Crippen MR) is 110 cm³/mol. The van der Waals surface area contributed by atoms with Crippen LogP contribution in [-0.4, -0.2) is 34.8 Å². The second kappa shape index (κ2) is 7.50. The second-order valence-electron chi connectivity index (χ2n) is 7.74. The van der Waals surface area contributed by atoms with Crippen molar-refractivity contribution < 1.29 is 9.59 Å². The van der Waals surface area contributed by atoms with Crippen molar-refractivity contribution in [3.05, 3.63) is 71.4 Å². The monoisotopic (exact) mass is 375 g/mol. The van der Waals surface area contributed by atoms with E-state index in [1.807, 2.05) is 54.7 Å². The summed E-state index contributed by atoms with van der Waals surface area (Å²) in [7, 11) is 0. The molecular weight excluding hydrogens is 350 g/mol. The van der Waals surface area contributed by atoms with Gasteiger partial charge in [0.15, 0.2) is 0 Å². The summed E-state index contributed by atoms with van der Waals surface area (Å²) in [6.07, 6.45) is 2.88. The number of carbonyl (C=O) groups is 2. The van der Waals surface area contributed by atoms with Gasteiger partial charge in [0.05, 0.1) is 6.04 Å². The molecule has 0 saturated carbocycles. The quantitative estimate of drug-likeness (QED) is 0.687. The van der Waals surface area contributed by atoms with Crippen LogP contribution in [0, 0.1) is 5.92 Å². The molecule has 0 spiro atoms. The number of aromatic nitrogens is 1. The van der Waals surface area contributed by atoms with Gasteiger partial charge >= 0.3 is 0 Å². The Bertz CT molecular complexity index is 1020. The van der Waals surface area contributed by atoms with Crippen LogP contribution < -0.4 is 5.32 Å². The van der Waals surface area contributed by atoms with E-state index in [0.717, 1.165) is 28.5 Å². The van der Waals surface area contributed by atoms with Crippen LogP contribution in [0.25, 0.3) is 10.9 Å². The van der Waals surface area contributed by atoms with Crippen LogP contribution in [0.2, 0.25) is 0 Å². The van der Waals surface area contributed by atoms with Crippen molar-refractivity contribution in [1.29, 1.82) is 0 Å². The zero-order valence-electron chi connectivity index (χ0n) is 16.2. The first kappa shape index (κ1) is 18.3. The maximum Gasteiger partial charge on any atom is 0.255 e. The molecule has 28 heavy (non-hydrogen) atoms. The number of amides is 2. The molecule has 0 saturated heterocycles. The Morgan fingerprint density at radius 2 is 1.86 bits per heavy atom. The summed E-state index contributed by atoms with van der Waals surface area (Å²) >= 11 is 0. The highest BCUT2D eigenvalue weighted by molar-refractivity contribution is 6.02. The van der Waals surface area contributed by atoms with E-state index >= 15 is 0 Å². The first-order chi connectivity index (χ1) is 13.6. The smallest absolute Gasteiger partial charge is 0.255 e. The summed E-state index contributed by atoms with van der Waals surface area (Å²) in [6, 6.07) is 15.4. The average molecular weight is 375 g/mol. The summed E-state index contributed by atoms with van der Waals surface area (Å²) in [6.45, 7) is 4.93. The molecule has 3 aromatic rings. The van der Waals surface area contributed by atoms with E-state index in [9.17, 15) is 9.59 Å². The molecule has 1 aliphatic heterocycles. The van der Waals surface area contributed by atoms with Gasteiger partial charge in [-0.05, 0) is 30.0 Å². The molecule has 1 aliphatic rings. The SMILES string of the molecule is CC(C)CCNC(=O)CN1C(=O)c2ccccc2C1c1c[nH]c2ccccc12. The Kier molecular flexibility index (Phi) is 4.90. The van der Waals surface area contributed by atoms with Gasteiger partial charge in [-0.15, -0.1) is 0 Å². The maximum atomic E-state index is 13.1. The Balaban J connectivity index is 1.67. The summed E-state index contributed by atoms with van der Waals surface area (Å²) in [5.74, 6) is 0.313. The lowest BCUT2D eigenvalue weighted by Crippen LogP contribution is -2.40. The normalized spacial score (nSPS) is 16.0. The van der Waals surface area contributed by atoms with Crippen LogP contribution in [0.5, 0.6) is 0 Å². The molecule has 5 heteroatoms. The van der Waals surface area contributed by atoms with E-state index in [1.54, 1.807) is 4.90 Å². The lowest BCUT2D eigenvalue weighted by atomic mass is 9.97. The van der Waals surface area contributed by atoms with E-state index in [0.29, 0.717) is 18.0 Å². The van der Waals surface area contributed by atoms with Gasteiger partial charge in [-0.1, -0.05) is 50.2 Å². The molecular formula is C23H25N3O2.